The van der Waals surface area contributed by atoms with E-state index in [-0.39, 0.29) is 11.9 Å². The number of likely N-dealkylation sites (tertiary alicyclic amines) is 1. The van der Waals surface area contributed by atoms with Gasteiger partial charge in [-0.05, 0) is 25.7 Å². The van der Waals surface area contributed by atoms with Gasteiger partial charge in [0.2, 0.25) is 5.91 Å². The summed E-state index contributed by atoms with van der Waals surface area (Å²) < 4.78 is 5.21. The summed E-state index contributed by atoms with van der Waals surface area (Å²) in [6.45, 7) is 6.75. The number of carbonyl (C=O) groups is 1. The van der Waals surface area contributed by atoms with E-state index in [9.17, 15) is 4.79 Å². The second-order valence-electron chi connectivity index (χ2n) is 4.46. The van der Waals surface area contributed by atoms with Gasteiger partial charge >= 0.3 is 0 Å². The van der Waals surface area contributed by atoms with Crippen LogP contribution < -0.4 is 5.73 Å². The third kappa shape index (κ3) is 3.46. The van der Waals surface area contributed by atoms with Crippen LogP contribution in [0.25, 0.3) is 0 Å². The Kier molecular flexibility index (Phi) is 5.77. The largest absolute Gasteiger partial charge is 0.381 e. The minimum Gasteiger partial charge on any atom is -0.381 e. The number of hydrogen-bond acceptors (Lipinski definition) is 3. The summed E-state index contributed by atoms with van der Waals surface area (Å²) in [5.74, 6) is 0.713. The monoisotopic (exact) mass is 228 g/mol. The second-order valence-corrected chi connectivity index (χ2v) is 4.46. The Bertz CT molecular complexity index is 221. The molecule has 0 radical (unpaired) electrons. The van der Waals surface area contributed by atoms with Crippen LogP contribution in [0.2, 0.25) is 0 Å². The average molecular weight is 228 g/mol. The molecule has 0 bridgehead atoms. The Morgan fingerprint density at radius 1 is 1.56 bits per heavy atom. The maximum Gasteiger partial charge on any atom is 0.225 e. The van der Waals surface area contributed by atoms with Gasteiger partial charge in [0.05, 0.1) is 13.0 Å². The van der Waals surface area contributed by atoms with E-state index in [2.05, 4.69) is 6.92 Å². The molecule has 1 fully saturated rings. The van der Waals surface area contributed by atoms with Gasteiger partial charge in [-0.3, -0.25) is 4.79 Å². The Labute approximate surface area is 98.1 Å². The number of piperidine rings is 1. The molecule has 1 saturated heterocycles. The van der Waals surface area contributed by atoms with Gasteiger partial charge in [-0.2, -0.15) is 0 Å². The van der Waals surface area contributed by atoms with E-state index in [1.54, 1.807) is 0 Å². The fourth-order valence-electron chi connectivity index (χ4n) is 2.37. The van der Waals surface area contributed by atoms with E-state index in [1.807, 2.05) is 11.8 Å². The molecule has 4 nitrogen and oxygen atoms in total. The van der Waals surface area contributed by atoms with Gasteiger partial charge in [0, 0.05) is 25.7 Å². The highest BCUT2D eigenvalue weighted by molar-refractivity contribution is 5.76. The van der Waals surface area contributed by atoms with Crippen molar-refractivity contribution >= 4 is 5.91 Å². The van der Waals surface area contributed by atoms with Crippen molar-refractivity contribution in [1.29, 1.82) is 0 Å². The first-order valence-electron chi connectivity index (χ1n) is 6.28. The molecule has 1 amide bonds. The van der Waals surface area contributed by atoms with Gasteiger partial charge in [-0.15, -0.1) is 0 Å². The zero-order valence-electron chi connectivity index (χ0n) is 10.4. The molecule has 0 aromatic heterocycles. The molecule has 0 spiro atoms. The highest BCUT2D eigenvalue weighted by atomic mass is 16.5. The van der Waals surface area contributed by atoms with E-state index >= 15 is 0 Å². The molecule has 2 unspecified atom stereocenters. The fourth-order valence-corrected chi connectivity index (χ4v) is 2.37. The van der Waals surface area contributed by atoms with Crippen LogP contribution >= 0.6 is 0 Å². The van der Waals surface area contributed by atoms with Crippen LogP contribution in [-0.4, -0.2) is 43.2 Å². The molecule has 1 heterocycles. The fraction of sp³-hybridized carbons (Fsp3) is 0.917. The number of rotatable bonds is 5. The van der Waals surface area contributed by atoms with Gasteiger partial charge in [-0.1, -0.05) is 6.92 Å². The first-order valence-corrected chi connectivity index (χ1v) is 6.28. The molecule has 2 atom stereocenters. The Balaban J connectivity index is 2.45. The first-order chi connectivity index (χ1) is 7.70. The average Bonchev–Trinajstić information content (AvgIpc) is 2.29. The maximum absolute atomic E-state index is 12.0. The van der Waals surface area contributed by atoms with Crippen LogP contribution in [0, 0.1) is 5.92 Å². The lowest BCUT2D eigenvalue weighted by Crippen LogP contribution is -2.51. The number of hydrogen-bond donors (Lipinski definition) is 1. The zero-order chi connectivity index (χ0) is 12.0. The molecule has 1 rings (SSSR count). The van der Waals surface area contributed by atoms with Crippen molar-refractivity contribution in [1.82, 2.24) is 4.90 Å². The summed E-state index contributed by atoms with van der Waals surface area (Å²) in [7, 11) is 0. The Morgan fingerprint density at radius 2 is 2.31 bits per heavy atom. The predicted molar refractivity (Wildman–Crippen MR) is 64.1 cm³/mol. The molecule has 0 aromatic rings. The standard InChI is InChI=1S/C12H24N2O2/c1-3-16-8-6-12(15)14-7-4-5-10(2)11(14)9-13/h10-11H,3-9,13H2,1-2H3. The lowest BCUT2D eigenvalue weighted by molar-refractivity contribution is -0.137. The van der Waals surface area contributed by atoms with Crippen LogP contribution in [0.15, 0.2) is 0 Å². The maximum atomic E-state index is 12.0. The molecule has 16 heavy (non-hydrogen) atoms. The summed E-state index contributed by atoms with van der Waals surface area (Å²) in [6.07, 6.45) is 2.76. The molecule has 4 heteroatoms. The van der Waals surface area contributed by atoms with E-state index in [1.165, 1.54) is 6.42 Å². The molecule has 0 saturated carbocycles. The molecule has 0 aliphatic carbocycles. The van der Waals surface area contributed by atoms with Gasteiger partial charge in [-0.25, -0.2) is 0 Å². The quantitative estimate of drug-likeness (QED) is 0.714. The van der Waals surface area contributed by atoms with E-state index in [4.69, 9.17) is 10.5 Å². The van der Waals surface area contributed by atoms with Crippen molar-refractivity contribution in [2.75, 3.05) is 26.3 Å². The summed E-state index contributed by atoms with van der Waals surface area (Å²) >= 11 is 0. The van der Waals surface area contributed by atoms with E-state index < -0.39 is 0 Å². The lowest BCUT2D eigenvalue weighted by Gasteiger charge is -2.39. The third-order valence-electron chi connectivity index (χ3n) is 3.34. The minimum absolute atomic E-state index is 0.190. The topological polar surface area (TPSA) is 55.6 Å². The first kappa shape index (κ1) is 13.5. The van der Waals surface area contributed by atoms with Gasteiger partial charge in [0.1, 0.15) is 0 Å². The Morgan fingerprint density at radius 3 is 2.94 bits per heavy atom. The summed E-state index contributed by atoms with van der Waals surface area (Å²) in [5.41, 5.74) is 5.75. The normalized spacial score (nSPS) is 25.8. The number of amides is 1. The minimum atomic E-state index is 0.190. The van der Waals surface area contributed by atoms with Gasteiger partial charge in [0.25, 0.3) is 0 Å². The number of nitrogens with two attached hydrogens (primary N) is 1. The number of carbonyl (C=O) groups excluding carboxylic acids is 1. The molecule has 1 aliphatic rings. The number of nitrogens with zero attached hydrogens (tertiary/aromatic N) is 1. The predicted octanol–water partition coefficient (Wildman–Crippen LogP) is 0.999. The van der Waals surface area contributed by atoms with Crippen LogP contribution in [-0.2, 0) is 9.53 Å². The molecule has 0 aromatic carbocycles. The number of ether oxygens (including phenoxy) is 1. The van der Waals surface area contributed by atoms with Crippen LogP contribution in [0.1, 0.15) is 33.1 Å². The van der Waals surface area contributed by atoms with Crippen molar-refractivity contribution in [2.24, 2.45) is 11.7 Å². The highest BCUT2D eigenvalue weighted by Gasteiger charge is 2.30. The second kappa shape index (κ2) is 6.86. The molecule has 2 N–H and O–H groups in total. The van der Waals surface area contributed by atoms with E-state index in [0.717, 1.165) is 13.0 Å². The molecular weight excluding hydrogens is 204 g/mol. The molecule has 1 aliphatic heterocycles. The molecule has 94 valence electrons. The smallest absolute Gasteiger partial charge is 0.225 e. The SMILES string of the molecule is CCOCCC(=O)N1CCCC(C)C1CN. The van der Waals surface area contributed by atoms with Crippen molar-refractivity contribution in [3.8, 4) is 0 Å². The van der Waals surface area contributed by atoms with Crippen LogP contribution in [0.5, 0.6) is 0 Å². The van der Waals surface area contributed by atoms with Crippen molar-refractivity contribution in [2.45, 2.75) is 39.2 Å². The zero-order valence-corrected chi connectivity index (χ0v) is 10.4. The van der Waals surface area contributed by atoms with Crippen molar-refractivity contribution < 1.29 is 9.53 Å². The van der Waals surface area contributed by atoms with Crippen molar-refractivity contribution in [3.63, 3.8) is 0 Å². The molecular formula is C12H24N2O2. The van der Waals surface area contributed by atoms with E-state index in [0.29, 0.717) is 32.1 Å². The van der Waals surface area contributed by atoms with Crippen LogP contribution in [0.4, 0.5) is 0 Å². The van der Waals surface area contributed by atoms with Crippen molar-refractivity contribution in [3.05, 3.63) is 0 Å². The third-order valence-corrected chi connectivity index (χ3v) is 3.34. The van der Waals surface area contributed by atoms with Gasteiger partial charge in [0.15, 0.2) is 0 Å². The summed E-state index contributed by atoms with van der Waals surface area (Å²) in [5, 5.41) is 0. The summed E-state index contributed by atoms with van der Waals surface area (Å²) in [4.78, 5) is 13.9. The Hall–Kier alpha value is -0.610. The van der Waals surface area contributed by atoms with Gasteiger partial charge < -0.3 is 15.4 Å². The lowest BCUT2D eigenvalue weighted by atomic mass is 9.90. The van der Waals surface area contributed by atoms with Crippen LogP contribution in [0.3, 0.4) is 0 Å². The highest BCUT2D eigenvalue weighted by Crippen LogP contribution is 2.23. The summed E-state index contributed by atoms with van der Waals surface area (Å²) in [6, 6.07) is 0.225.